The van der Waals surface area contributed by atoms with Crippen molar-refractivity contribution >= 4 is 7.87 Å². The number of hydrogen-bond donors (Lipinski definition) is 0. The molecule has 0 aliphatic carbocycles. The molecule has 6 nitrogen and oxygen atoms in total. The van der Waals surface area contributed by atoms with E-state index in [1.54, 1.807) is 0 Å². The molecule has 0 atom stereocenters. The fourth-order valence-electron chi connectivity index (χ4n) is 3.92. The Labute approximate surface area is 155 Å². The molecule has 0 spiro atoms. The number of ether oxygens (including phenoxy) is 2. The van der Waals surface area contributed by atoms with Gasteiger partial charge < -0.3 is 21.9 Å². The van der Waals surface area contributed by atoms with Crippen molar-refractivity contribution in [1.82, 2.24) is 18.7 Å². The normalized spacial score (nSPS) is 21.2. The highest BCUT2D eigenvalue weighted by Crippen LogP contribution is 2.69. The Kier molecular flexibility index (Phi) is 10.6. The van der Waals surface area contributed by atoms with Gasteiger partial charge in [0.2, 0.25) is 0 Å². The average molecular weight is 383 g/mol. The SMILES string of the molecule is CCN(CC)[P+](N(CC)CC)(N1CCOCC1)N1CCOCC1.[Cl-]. The van der Waals surface area contributed by atoms with Crippen molar-refractivity contribution in [2.24, 2.45) is 0 Å². The Bertz CT molecular complexity index is 302. The maximum Gasteiger partial charge on any atom is 0.308 e. The quantitative estimate of drug-likeness (QED) is 0.501. The second kappa shape index (κ2) is 11.2. The second-order valence-electron chi connectivity index (χ2n) is 5.95. The van der Waals surface area contributed by atoms with Gasteiger partial charge in [-0.1, -0.05) is 0 Å². The van der Waals surface area contributed by atoms with E-state index in [9.17, 15) is 0 Å². The van der Waals surface area contributed by atoms with Crippen LogP contribution in [0.4, 0.5) is 0 Å². The molecule has 0 N–H and O–H groups in total. The van der Waals surface area contributed by atoms with Crippen LogP contribution in [-0.4, -0.2) is 97.5 Å². The van der Waals surface area contributed by atoms with E-state index in [0.29, 0.717) is 0 Å². The minimum absolute atomic E-state index is 0. The van der Waals surface area contributed by atoms with Crippen LogP contribution in [0.5, 0.6) is 0 Å². The standard InChI is InChI=1S/C16H36N4O2P.ClH/c1-5-17(6-2)23(18(7-3)8-4,19-9-13-21-14-10-19)20-11-15-22-16-12-20;/h5-16H2,1-4H3;1H/q+1;/p-1. The van der Waals surface area contributed by atoms with Crippen LogP contribution in [0.2, 0.25) is 0 Å². The molecule has 0 aromatic rings. The zero-order chi connectivity index (χ0) is 16.7. The predicted octanol–water partition coefficient (Wildman–Crippen LogP) is -0.984. The first-order valence-corrected chi connectivity index (χ1v) is 10.9. The Morgan fingerprint density at radius 1 is 0.667 bits per heavy atom. The monoisotopic (exact) mass is 382 g/mol. The highest BCUT2D eigenvalue weighted by molar-refractivity contribution is 7.66. The van der Waals surface area contributed by atoms with Gasteiger partial charge in [-0.2, -0.15) is 0 Å². The fraction of sp³-hybridized carbons (Fsp3) is 1.00. The molecular formula is C16H36ClN4O2P. The molecule has 2 saturated heterocycles. The first-order valence-electron chi connectivity index (χ1n) is 9.31. The van der Waals surface area contributed by atoms with Gasteiger partial charge in [-0.3, -0.25) is 0 Å². The highest BCUT2D eigenvalue weighted by atomic mass is 35.5. The zero-order valence-electron chi connectivity index (χ0n) is 15.9. The zero-order valence-corrected chi connectivity index (χ0v) is 17.6. The minimum atomic E-state index is -1.69. The van der Waals surface area contributed by atoms with E-state index in [4.69, 9.17) is 9.47 Å². The van der Waals surface area contributed by atoms with Crippen molar-refractivity contribution in [3.05, 3.63) is 0 Å². The lowest BCUT2D eigenvalue weighted by molar-refractivity contribution is -0.00000664. The maximum absolute atomic E-state index is 5.67. The number of hydrogen-bond acceptors (Lipinski definition) is 6. The van der Waals surface area contributed by atoms with Crippen LogP contribution in [0, 0.1) is 0 Å². The van der Waals surface area contributed by atoms with Crippen molar-refractivity contribution < 1.29 is 21.9 Å². The molecule has 0 aromatic heterocycles. The number of halogens is 1. The van der Waals surface area contributed by atoms with Crippen molar-refractivity contribution in [3.63, 3.8) is 0 Å². The summed E-state index contributed by atoms with van der Waals surface area (Å²) in [5, 5.41) is 0. The lowest BCUT2D eigenvalue weighted by Crippen LogP contribution is -3.00. The third kappa shape index (κ3) is 4.41. The van der Waals surface area contributed by atoms with Gasteiger partial charge >= 0.3 is 7.87 Å². The summed E-state index contributed by atoms with van der Waals surface area (Å²) < 4.78 is 22.3. The van der Waals surface area contributed by atoms with Crippen LogP contribution in [-0.2, 0) is 9.47 Å². The molecular weight excluding hydrogens is 347 g/mol. The second-order valence-corrected chi connectivity index (χ2v) is 9.28. The van der Waals surface area contributed by atoms with E-state index in [0.717, 1.165) is 78.8 Å². The molecule has 0 amide bonds. The van der Waals surface area contributed by atoms with E-state index in [1.807, 2.05) is 0 Å². The molecule has 2 aliphatic rings. The average Bonchev–Trinajstić information content (AvgIpc) is 2.63. The predicted molar refractivity (Wildman–Crippen MR) is 97.5 cm³/mol. The van der Waals surface area contributed by atoms with Crippen molar-refractivity contribution in [2.75, 3.05) is 78.8 Å². The number of nitrogens with zero attached hydrogens (tertiary/aromatic N) is 4. The molecule has 0 bridgehead atoms. The van der Waals surface area contributed by atoms with Crippen molar-refractivity contribution in [1.29, 1.82) is 0 Å². The summed E-state index contributed by atoms with van der Waals surface area (Å²) >= 11 is 0. The summed E-state index contributed by atoms with van der Waals surface area (Å²) in [6.07, 6.45) is 0. The summed E-state index contributed by atoms with van der Waals surface area (Å²) in [7, 11) is -1.69. The van der Waals surface area contributed by atoms with E-state index in [-0.39, 0.29) is 12.4 Å². The van der Waals surface area contributed by atoms with Gasteiger partial charge in [0.05, 0.1) is 52.6 Å². The Hall–Kier alpha value is 0.480. The minimum Gasteiger partial charge on any atom is -1.00 e. The van der Waals surface area contributed by atoms with Gasteiger partial charge in [0, 0.05) is 26.2 Å². The molecule has 0 radical (unpaired) electrons. The lowest BCUT2D eigenvalue weighted by atomic mass is 10.5. The van der Waals surface area contributed by atoms with Gasteiger partial charge in [0.1, 0.15) is 0 Å². The van der Waals surface area contributed by atoms with Gasteiger partial charge in [-0.05, 0) is 27.7 Å². The molecule has 144 valence electrons. The number of morpholine rings is 2. The smallest absolute Gasteiger partial charge is 0.308 e. The number of rotatable bonds is 8. The third-order valence-corrected chi connectivity index (χ3v) is 9.92. The Morgan fingerprint density at radius 3 is 1.21 bits per heavy atom. The van der Waals surface area contributed by atoms with Crippen LogP contribution in [0.15, 0.2) is 0 Å². The molecule has 2 fully saturated rings. The molecule has 0 saturated carbocycles. The summed E-state index contributed by atoms with van der Waals surface area (Å²) in [5.41, 5.74) is 0. The maximum atomic E-state index is 5.67. The van der Waals surface area contributed by atoms with Gasteiger partial charge in [0.15, 0.2) is 0 Å². The Morgan fingerprint density at radius 2 is 0.958 bits per heavy atom. The molecule has 0 unspecified atom stereocenters. The van der Waals surface area contributed by atoms with Crippen LogP contribution in [0.25, 0.3) is 0 Å². The lowest BCUT2D eigenvalue weighted by Gasteiger charge is -2.52. The molecule has 2 aliphatic heterocycles. The third-order valence-electron chi connectivity index (χ3n) is 4.95. The molecule has 2 heterocycles. The highest BCUT2D eigenvalue weighted by Gasteiger charge is 2.60. The molecule has 2 rings (SSSR count). The van der Waals surface area contributed by atoms with Gasteiger partial charge in [-0.15, -0.1) is 18.7 Å². The van der Waals surface area contributed by atoms with Crippen LogP contribution < -0.4 is 12.4 Å². The van der Waals surface area contributed by atoms with E-state index < -0.39 is 7.87 Å². The fourth-order valence-corrected chi connectivity index (χ4v) is 8.99. The van der Waals surface area contributed by atoms with Crippen LogP contribution >= 0.6 is 7.87 Å². The molecule has 24 heavy (non-hydrogen) atoms. The summed E-state index contributed by atoms with van der Waals surface area (Å²) in [4.78, 5) is 0. The van der Waals surface area contributed by atoms with E-state index >= 15 is 0 Å². The molecule has 0 aromatic carbocycles. The van der Waals surface area contributed by atoms with E-state index in [1.165, 1.54) is 0 Å². The summed E-state index contributed by atoms with van der Waals surface area (Å²) in [6, 6.07) is 0. The summed E-state index contributed by atoms with van der Waals surface area (Å²) in [5.74, 6) is 0. The Balaban J connectivity index is 0.00000288. The summed E-state index contributed by atoms with van der Waals surface area (Å²) in [6.45, 7) is 21.2. The first-order chi connectivity index (χ1) is 11.2. The van der Waals surface area contributed by atoms with E-state index in [2.05, 4.69) is 46.4 Å². The van der Waals surface area contributed by atoms with Crippen molar-refractivity contribution in [3.8, 4) is 0 Å². The largest absolute Gasteiger partial charge is 1.00 e. The van der Waals surface area contributed by atoms with Crippen LogP contribution in [0.3, 0.4) is 0 Å². The molecule has 8 heteroatoms. The first kappa shape index (κ1) is 22.5. The topological polar surface area (TPSA) is 31.4 Å². The van der Waals surface area contributed by atoms with Gasteiger partial charge in [-0.25, -0.2) is 0 Å². The van der Waals surface area contributed by atoms with Crippen molar-refractivity contribution in [2.45, 2.75) is 27.7 Å². The van der Waals surface area contributed by atoms with Crippen LogP contribution in [0.1, 0.15) is 27.7 Å². The van der Waals surface area contributed by atoms with Gasteiger partial charge in [0.25, 0.3) is 0 Å².